The third-order valence-electron chi connectivity index (χ3n) is 9.10. The molecule has 4 aliphatic carbocycles. The van der Waals surface area contributed by atoms with Crippen molar-refractivity contribution in [2.45, 2.75) is 78.1 Å². The molecular weight excluding hydrogens is 300 g/mol. The Morgan fingerprint density at radius 1 is 1.04 bits per heavy atom. The molecule has 4 rings (SSSR count). The van der Waals surface area contributed by atoms with Crippen molar-refractivity contribution >= 4 is 11.8 Å². The lowest BCUT2D eigenvalue weighted by Crippen LogP contribution is -2.53. The van der Waals surface area contributed by atoms with E-state index >= 15 is 0 Å². The minimum absolute atomic E-state index is 0.243. The summed E-state index contributed by atoms with van der Waals surface area (Å²) in [6.07, 6.45) is 10.4. The predicted octanol–water partition coefficient (Wildman–Crippen LogP) is 4.69. The molecule has 4 aliphatic rings. The number of carbonyl (C=O) groups excluding carboxylic acids is 1. The standard InChI is InChI=1S/C21H32O3/c1-20-9-7-15(22)11-13(20)3-5-16-17-6-4-14(12-19(23)24)21(17,2)10-8-18(16)20/h13-14,16-18H,3-12H2,1-2H3,(H,23,24)/t13-,14-,16+,17+,18+,20+,21-/m1/s1. The van der Waals surface area contributed by atoms with Crippen LogP contribution in [0.2, 0.25) is 0 Å². The lowest BCUT2D eigenvalue weighted by Gasteiger charge is -2.60. The SMILES string of the molecule is C[C@]12CCC(=O)C[C@H]1CC[C@@H]1[C@@H]2CC[C@]2(C)[C@@H](CC(=O)O)CC[C@@H]12. The Balaban J connectivity index is 1.58. The Bertz CT molecular complexity index is 555. The van der Waals surface area contributed by atoms with Crippen LogP contribution in [0.1, 0.15) is 78.1 Å². The summed E-state index contributed by atoms with van der Waals surface area (Å²) in [7, 11) is 0. The zero-order chi connectivity index (χ0) is 17.1. The summed E-state index contributed by atoms with van der Waals surface area (Å²) in [5.74, 6) is 3.11. The molecule has 0 aromatic carbocycles. The molecule has 3 nitrogen and oxygen atoms in total. The van der Waals surface area contributed by atoms with Gasteiger partial charge in [0.25, 0.3) is 0 Å². The molecule has 0 saturated heterocycles. The van der Waals surface area contributed by atoms with Gasteiger partial charge in [0.1, 0.15) is 5.78 Å². The molecule has 0 aromatic rings. The fourth-order valence-corrected chi connectivity index (χ4v) is 7.70. The second kappa shape index (κ2) is 5.57. The van der Waals surface area contributed by atoms with Crippen LogP contribution in [0.25, 0.3) is 0 Å². The molecule has 0 amide bonds. The van der Waals surface area contributed by atoms with Gasteiger partial charge in [-0.05, 0) is 85.4 Å². The number of hydrogen-bond donors (Lipinski definition) is 1. The third-order valence-corrected chi connectivity index (χ3v) is 9.10. The number of carboxylic acids is 1. The number of Topliss-reactive ketones (excluding diaryl/α,β-unsaturated/α-hetero) is 1. The van der Waals surface area contributed by atoms with Crippen molar-refractivity contribution in [1.29, 1.82) is 0 Å². The van der Waals surface area contributed by atoms with Crippen LogP contribution in [0.4, 0.5) is 0 Å². The fraction of sp³-hybridized carbons (Fsp3) is 0.905. The Hall–Kier alpha value is -0.860. The maximum atomic E-state index is 11.9. The molecule has 0 bridgehead atoms. The minimum Gasteiger partial charge on any atom is -0.481 e. The van der Waals surface area contributed by atoms with Gasteiger partial charge in [-0.1, -0.05) is 13.8 Å². The van der Waals surface area contributed by atoms with Gasteiger partial charge >= 0.3 is 5.97 Å². The summed E-state index contributed by atoms with van der Waals surface area (Å²) >= 11 is 0. The van der Waals surface area contributed by atoms with Gasteiger partial charge in [0.15, 0.2) is 0 Å². The van der Waals surface area contributed by atoms with Gasteiger partial charge in [-0.2, -0.15) is 0 Å². The summed E-state index contributed by atoms with van der Waals surface area (Å²) < 4.78 is 0. The van der Waals surface area contributed by atoms with Gasteiger partial charge in [-0.15, -0.1) is 0 Å². The average Bonchev–Trinajstić information content (AvgIpc) is 2.84. The Kier molecular flexibility index (Phi) is 3.85. The monoisotopic (exact) mass is 332 g/mol. The normalized spacial score (nSPS) is 50.8. The molecule has 0 unspecified atom stereocenters. The van der Waals surface area contributed by atoms with E-state index in [4.69, 9.17) is 0 Å². The molecule has 1 N–H and O–H groups in total. The second-order valence-corrected chi connectivity index (χ2v) is 9.82. The molecule has 0 aliphatic heterocycles. The van der Waals surface area contributed by atoms with Gasteiger partial charge in [-0.3, -0.25) is 9.59 Å². The molecule has 0 radical (unpaired) electrons. The van der Waals surface area contributed by atoms with Gasteiger partial charge in [0.2, 0.25) is 0 Å². The Morgan fingerprint density at radius 3 is 2.54 bits per heavy atom. The van der Waals surface area contributed by atoms with Crippen molar-refractivity contribution in [3.63, 3.8) is 0 Å². The van der Waals surface area contributed by atoms with E-state index in [2.05, 4.69) is 13.8 Å². The second-order valence-electron chi connectivity index (χ2n) is 9.82. The van der Waals surface area contributed by atoms with Gasteiger partial charge < -0.3 is 5.11 Å². The zero-order valence-corrected chi connectivity index (χ0v) is 15.2. The number of aliphatic carboxylic acids is 1. The maximum absolute atomic E-state index is 11.9. The van der Waals surface area contributed by atoms with Crippen molar-refractivity contribution in [2.24, 2.45) is 40.4 Å². The highest BCUT2D eigenvalue weighted by Gasteiger charge is 2.60. The number of ketones is 1. The summed E-state index contributed by atoms with van der Waals surface area (Å²) in [4.78, 5) is 23.2. The topological polar surface area (TPSA) is 54.4 Å². The minimum atomic E-state index is -0.620. The number of hydrogen-bond acceptors (Lipinski definition) is 2. The van der Waals surface area contributed by atoms with Gasteiger partial charge in [-0.25, -0.2) is 0 Å². The summed E-state index contributed by atoms with van der Waals surface area (Å²) in [6.45, 7) is 4.88. The van der Waals surface area contributed by atoms with Crippen LogP contribution in [-0.4, -0.2) is 16.9 Å². The largest absolute Gasteiger partial charge is 0.481 e. The molecular formula is C21H32O3. The van der Waals surface area contributed by atoms with E-state index < -0.39 is 5.97 Å². The highest BCUT2D eigenvalue weighted by Crippen LogP contribution is 2.67. The van der Waals surface area contributed by atoms with Crippen molar-refractivity contribution in [1.82, 2.24) is 0 Å². The van der Waals surface area contributed by atoms with E-state index in [-0.39, 0.29) is 5.41 Å². The van der Waals surface area contributed by atoms with Gasteiger partial charge in [0, 0.05) is 19.3 Å². The smallest absolute Gasteiger partial charge is 0.303 e. The van der Waals surface area contributed by atoms with Crippen LogP contribution < -0.4 is 0 Å². The highest BCUT2D eigenvalue weighted by atomic mass is 16.4. The van der Waals surface area contributed by atoms with Crippen LogP contribution >= 0.6 is 0 Å². The number of fused-ring (bicyclic) bond motifs is 5. The van der Waals surface area contributed by atoms with Crippen molar-refractivity contribution in [2.75, 3.05) is 0 Å². The zero-order valence-electron chi connectivity index (χ0n) is 15.2. The fourth-order valence-electron chi connectivity index (χ4n) is 7.70. The molecule has 4 fully saturated rings. The van der Waals surface area contributed by atoms with E-state index in [0.29, 0.717) is 29.5 Å². The lowest BCUT2D eigenvalue weighted by molar-refractivity contribution is -0.143. The van der Waals surface area contributed by atoms with Crippen LogP contribution in [-0.2, 0) is 9.59 Å². The first-order valence-corrected chi connectivity index (χ1v) is 10.1. The van der Waals surface area contributed by atoms with E-state index in [1.165, 1.54) is 32.1 Å². The van der Waals surface area contributed by atoms with Crippen LogP contribution in [0.15, 0.2) is 0 Å². The molecule has 3 heteroatoms. The molecule has 24 heavy (non-hydrogen) atoms. The number of carbonyl (C=O) groups is 2. The third kappa shape index (κ3) is 2.29. The van der Waals surface area contributed by atoms with E-state index in [1.54, 1.807) is 0 Å². The van der Waals surface area contributed by atoms with E-state index in [9.17, 15) is 14.7 Å². The van der Waals surface area contributed by atoms with Crippen molar-refractivity contribution in [3.05, 3.63) is 0 Å². The molecule has 134 valence electrons. The van der Waals surface area contributed by atoms with Crippen molar-refractivity contribution in [3.8, 4) is 0 Å². The Labute approximate surface area is 145 Å². The number of carboxylic acid groups (broad SMARTS) is 1. The van der Waals surface area contributed by atoms with Crippen molar-refractivity contribution < 1.29 is 14.7 Å². The van der Waals surface area contributed by atoms with E-state index in [0.717, 1.165) is 43.4 Å². The lowest BCUT2D eigenvalue weighted by atomic mass is 9.44. The first-order chi connectivity index (χ1) is 11.3. The maximum Gasteiger partial charge on any atom is 0.303 e. The Morgan fingerprint density at radius 2 is 1.79 bits per heavy atom. The van der Waals surface area contributed by atoms with Gasteiger partial charge in [0.05, 0.1) is 0 Å². The van der Waals surface area contributed by atoms with Crippen LogP contribution in [0.5, 0.6) is 0 Å². The van der Waals surface area contributed by atoms with E-state index in [1.807, 2.05) is 0 Å². The summed E-state index contributed by atoms with van der Waals surface area (Å²) in [6, 6.07) is 0. The highest BCUT2D eigenvalue weighted by molar-refractivity contribution is 5.79. The predicted molar refractivity (Wildman–Crippen MR) is 92.5 cm³/mol. The summed E-state index contributed by atoms with van der Waals surface area (Å²) in [5, 5.41) is 9.30. The molecule has 7 atom stereocenters. The summed E-state index contributed by atoms with van der Waals surface area (Å²) in [5.41, 5.74) is 0.607. The quantitative estimate of drug-likeness (QED) is 0.798. The molecule has 0 spiro atoms. The molecule has 0 aromatic heterocycles. The molecule has 4 saturated carbocycles. The first-order valence-electron chi connectivity index (χ1n) is 10.1. The van der Waals surface area contributed by atoms with Crippen LogP contribution in [0.3, 0.4) is 0 Å². The number of rotatable bonds is 2. The first kappa shape index (κ1) is 16.6. The average molecular weight is 332 g/mol. The molecule has 0 heterocycles. The van der Waals surface area contributed by atoms with Crippen LogP contribution in [0, 0.1) is 40.4 Å².